The molecule has 2 aliphatic heterocycles. The van der Waals surface area contributed by atoms with Crippen molar-refractivity contribution in [1.82, 2.24) is 14.7 Å². The standard InChI is InChI=1S/C26H45N3O3/c1-21(18-23-8-4-3-5-9-23)24(31)29-13-12-26(32,25(19-29)10-6-7-11-25)20-27-14-16-28(17-15-27)22(2)30/h21,23,32H,3-20H2,1-2H3/t21-,26?/m1/s1. The number of rotatable bonds is 5. The SMILES string of the molecule is CC(=O)N1CCN(CC2(O)CCN(C(=O)[C@H](C)CC3CCCCC3)CC23CCCC3)CC1. The number of piperidine rings is 1. The highest BCUT2D eigenvalue weighted by Crippen LogP contribution is 2.51. The number of aliphatic hydroxyl groups is 1. The van der Waals surface area contributed by atoms with Crippen molar-refractivity contribution in [2.45, 2.75) is 90.1 Å². The maximum absolute atomic E-state index is 13.4. The summed E-state index contributed by atoms with van der Waals surface area (Å²) in [5.41, 5.74) is -0.894. The first-order valence-corrected chi connectivity index (χ1v) is 13.3. The molecule has 2 heterocycles. The van der Waals surface area contributed by atoms with Crippen molar-refractivity contribution in [1.29, 1.82) is 0 Å². The average Bonchev–Trinajstić information content (AvgIpc) is 3.26. The van der Waals surface area contributed by atoms with Crippen molar-refractivity contribution >= 4 is 11.8 Å². The quantitative estimate of drug-likeness (QED) is 0.703. The zero-order chi connectivity index (χ0) is 22.8. The summed E-state index contributed by atoms with van der Waals surface area (Å²) in [6.45, 7) is 9.02. The summed E-state index contributed by atoms with van der Waals surface area (Å²) in [6, 6.07) is 0. The molecule has 4 fully saturated rings. The van der Waals surface area contributed by atoms with Crippen LogP contribution in [0.15, 0.2) is 0 Å². The second-order valence-corrected chi connectivity index (χ2v) is 11.5. The predicted octanol–water partition coefficient (Wildman–Crippen LogP) is 3.28. The Morgan fingerprint density at radius 2 is 1.56 bits per heavy atom. The van der Waals surface area contributed by atoms with Gasteiger partial charge in [-0.25, -0.2) is 0 Å². The molecule has 1 unspecified atom stereocenters. The highest BCUT2D eigenvalue weighted by molar-refractivity contribution is 5.78. The van der Waals surface area contributed by atoms with Gasteiger partial charge < -0.3 is 14.9 Å². The van der Waals surface area contributed by atoms with Gasteiger partial charge in [0.05, 0.1) is 5.60 Å². The molecule has 1 N–H and O–H groups in total. The minimum Gasteiger partial charge on any atom is -0.388 e. The van der Waals surface area contributed by atoms with Crippen LogP contribution in [0.3, 0.4) is 0 Å². The lowest BCUT2D eigenvalue weighted by atomic mass is 9.65. The lowest BCUT2D eigenvalue weighted by molar-refractivity contribution is -0.166. The van der Waals surface area contributed by atoms with Crippen LogP contribution in [0, 0.1) is 17.3 Å². The summed E-state index contributed by atoms with van der Waals surface area (Å²) >= 11 is 0. The lowest BCUT2D eigenvalue weighted by Gasteiger charge is -2.54. The molecule has 0 radical (unpaired) electrons. The normalized spacial score (nSPS) is 30.6. The van der Waals surface area contributed by atoms with Crippen LogP contribution in [0.25, 0.3) is 0 Å². The fraction of sp³-hybridized carbons (Fsp3) is 0.923. The molecule has 4 aliphatic rings. The predicted molar refractivity (Wildman–Crippen MR) is 126 cm³/mol. The first kappa shape index (κ1) is 24.0. The van der Waals surface area contributed by atoms with Crippen LogP contribution in [0.5, 0.6) is 0 Å². The molecule has 2 saturated heterocycles. The van der Waals surface area contributed by atoms with Crippen molar-refractivity contribution in [2.75, 3.05) is 45.8 Å². The highest BCUT2D eigenvalue weighted by atomic mass is 16.3. The van der Waals surface area contributed by atoms with E-state index in [2.05, 4.69) is 16.7 Å². The van der Waals surface area contributed by atoms with Gasteiger partial charge in [0.1, 0.15) is 0 Å². The molecule has 2 aliphatic carbocycles. The zero-order valence-electron chi connectivity index (χ0n) is 20.5. The van der Waals surface area contributed by atoms with E-state index in [9.17, 15) is 14.7 Å². The summed E-state index contributed by atoms with van der Waals surface area (Å²) in [4.78, 5) is 31.4. The topological polar surface area (TPSA) is 64.1 Å². The smallest absolute Gasteiger partial charge is 0.225 e. The zero-order valence-corrected chi connectivity index (χ0v) is 20.5. The van der Waals surface area contributed by atoms with Crippen LogP contribution in [-0.4, -0.2) is 83.0 Å². The largest absolute Gasteiger partial charge is 0.388 e. The van der Waals surface area contributed by atoms with E-state index in [-0.39, 0.29) is 17.2 Å². The number of nitrogens with zero attached hydrogens (tertiary/aromatic N) is 3. The Kier molecular flexibility index (Phi) is 7.50. The highest BCUT2D eigenvalue weighted by Gasteiger charge is 2.56. The maximum atomic E-state index is 13.4. The first-order chi connectivity index (χ1) is 15.3. The molecule has 32 heavy (non-hydrogen) atoms. The fourth-order valence-corrected chi connectivity index (χ4v) is 7.21. The number of carbonyl (C=O) groups is 2. The van der Waals surface area contributed by atoms with Gasteiger partial charge in [0.15, 0.2) is 0 Å². The number of piperazine rings is 1. The van der Waals surface area contributed by atoms with Crippen molar-refractivity contribution in [2.24, 2.45) is 17.3 Å². The summed E-state index contributed by atoms with van der Waals surface area (Å²) in [5, 5.41) is 12.0. The molecule has 2 atom stereocenters. The van der Waals surface area contributed by atoms with Gasteiger partial charge in [-0.2, -0.15) is 0 Å². The second kappa shape index (κ2) is 10.0. The second-order valence-electron chi connectivity index (χ2n) is 11.5. The molecule has 2 amide bonds. The molecule has 4 rings (SSSR count). The van der Waals surface area contributed by atoms with Gasteiger partial charge in [-0.15, -0.1) is 0 Å². The Morgan fingerprint density at radius 1 is 0.906 bits per heavy atom. The van der Waals surface area contributed by atoms with E-state index in [0.29, 0.717) is 25.4 Å². The van der Waals surface area contributed by atoms with E-state index in [1.807, 2.05) is 4.90 Å². The Morgan fingerprint density at radius 3 is 2.19 bits per heavy atom. The number of hydrogen-bond acceptors (Lipinski definition) is 4. The van der Waals surface area contributed by atoms with Gasteiger partial charge in [-0.1, -0.05) is 51.9 Å². The molecule has 182 valence electrons. The number of likely N-dealkylation sites (tertiary alicyclic amines) is 1. The van der Waals surface area contributed by atoms with Gasteiger partial charge in [0.2, 0.25) is 11.8 Å². The number of β-amino-alcohol motifs (C(OH)–C–C–N with tert-alkyl or cyclic N) is 1. The molecule has 1 spiro atoms. The fourth-order valence-electron chi connectivity index (χ4n) is 7.21. The van der Waals surface area contributed by atoms with E-state index in [4.69, 9.17) is 0 Å². The molecule has 0 aromatic carbocycles. The van der Waals surface area contributed by atoms with E-state index in [1.54, 1.807) is 6.92 Å². The third kappa shape index (κ3) is 5.01. The average molecular weight is 448 g/mol. The van der Waals surface area contributed by atoms with Crippen molar-refractivity contribution in [3.05, 3.63) is 0 Å². The number of carbonyl (C=O) groups excluding carboxylic acids is 2. The third-order valence-corrected chi connectivity index (χ3v) is 9.28. The molecular formula is C26H45N3O3. The van der Waals surface area contributed by atoms with Crippen LogP contribution in [0.2, 0.25) is 0 Å². The third-order valence-electron chi connectivity index (χ3n) is 9.28. The van der Waals surface area contributed by atoms with E-state index >= 15 is 0 Å². The summed E-state index contributed by atoms with van der Waals surface area (Å²) in [7, 11) is 0. The Labute approximate surface area is 194 Å². The van der Waals surface area contributed by atoms with Gasteiger partial charge in [0, 0.05) is 64.1 Å². The Hall–Kier alpha value is -1.14. The van der Waals surface area contributed by atoms with Crippen LogP contribution >= 0.6 is 0 Å². The summed E-state index contributed by atoms with van der Waals surface area (Å²) in [6.07, 6.45) is 12.7. The Balaban J connectivity index is 1.38. The molecule has 0 aromatic heterocycles. The van der Waals surface area contributed by atoms with Gasteiger partial charge in [0.25, 0.3) is 0 Å². The van der Waals surface area contributed by atoms with E-state index in [0.717, 1.165) is 70.7 Å². The molecule has 6 nitrogen and oxygen atoms in total. The first-order valence-electron chi connectivity index (χ1n) is 13.3. The number of hydrogen-bond donors (Lipinski definition) is 1. The molecule has 2 saturated carbocycles. The molecular weight excluding hydrogens is 402 g/mol. The van der Waals surface area contributed by atoms with Crippen LogP contribution in [0.4, 0.5) is 0 Å². The van der Waals surface area contributed by atoms with Crippen molar-refractivity contribution < 1.29 is 14.7 Å². The summed E-state index contributed by atoms with van der Waals surface area (Å²) in [5.74, 6) is 1.28. The molecule has 0 aromatic rings. The molecule has 0 bridgehead atoms. The maximum Gasteiger partial charge on any atom is 0.225 e. The van der Waals surface area contributed by atoms with Gasteiger partial charge in [-0.3, -0.25) is 14.5 Å². The van der Waals surface area contributed by atoms with Crippen LogP contribution in [0.1, 0.15) is 84.5 Å². The van der Waals surface area contributed by atoms with Crippen LogP contribution < -0.4 is 0 Å². The minimum absolute atomic E-state index is 0.0994. The van der Waals surface area contributed by atoms with Crippen LogP contribution in [-0.2, 0) is 9.59 Å². The van der Waals surface area contributed by atoms with Gasteiger partial charge >= 0.3 is 0 Å². The van der Waals surface area contributed by atoms with E-state index < -0.39 is 5.60 Å². The van der Waals surface area contributed by atoms with E-state index in [1.165, 1.54) is 32.1 Å². The monoisotopic (exact) mass is 447 g/mol. The minimum atomic E-state index is -0.731. The number of amides is 2. The van der Waals surface area contributed by atoms with Crippen molar-refractivity contribution in [3.63, 3.8) is 0 Å². The van der Waals surface area contributed by atoms with Gasteiger partial charge in [-0.05, 0) is 31.6 Å². The summed E-state index contributed by atoms with van der Waals surface area (Å²) < 4.78 is 0. The lowest BCUT2D eigenvalue weighted by Crippen LogP contribution is -2.65. The van der Waals surface area contributed by atoms with Crippen molar-refractivity contribution in [3.8, 4) is 0 Å². The molecule has 6 heteroatoms. The Bertz CT molecular complexity index is 663.